The van der Waals surface area contributed by atoms with Crippen LogP contribution in [0.2, 0.25) is 0 Å². The molecule has 15 heavy (non-hydrogen) atoms. The highest BCUT2D eigenvalue weighted by Gasteiger charge is 2.16. The molecule has 1 amide bonds. The highest BCUT2D eigenvalue weighted by molar-refractivity contribution is 5.75. The number of hydrogen-bond donors (Lipinski definition) is 1. The van der Waals surface area contributed by atoms with Crippen LogP contribution < -0.4 is 14.8 Å². The minimum atomic E-state index is 0.255. The van der Waals surface area contributed by atoms with E-state index in [0.717, 1.165) is 29.8 Å². The van der Waals surface area contributed by atoms with Gasteiger partial charge in [-0.1, -0.05) is 13.3 Å². The van der Waals surface area contributed by atoms with Crippen LogP contribution in [0.5, 0.6) is 11.5 Å². The zero-order chi connectivity index (χ0) is 10.7. The predicted octanol–water partition coefficient (Wildman–Crippen LogP) is 1.94. The van der Waals surface area contributed by atoms with Crippen LogP contribution in [0.15, 0.2) is 12.1 Å². The standard InChI is InChI=1S/C11H13NO3/c1-2-3-8-4-10-11(15-7-14-10)5-9(8)12-6-13/h4-6H,2-3,7H2,1H3,(H,12,13). The lowest BCUT2D eigenvalue weighted by Gasteiger charge is -2.08. The second-order valence-corrected chi connectivity index (χ2v) is 3.37. The quantitative estimate of drug-likeness (QED) is 0.767. The summed E-state index contributed by atoms with van der Waals surface area (Å²) in [7, 11) is 0. The molecule has 1 heterocycles. The van der Waals surface area contributed by atoms with Gasteiger partial charge in [-0.3, -0.25) is 4.79 Å². The van der Waals surface area contributed by atoms with Crippen molar-refractivity contribution in [3.05, 3.63) is 17.7 Å². The van der Waals surface area contributed by atoms with Crippen LogP contribution in [0.3, 0.4) is 0 Å². The maximum Gasteiger partial charge on any atom is 0.231 e. The first-order chi connectivity index (χ1) is 7.35. The number of hydrogen-bond acceptors (Lipinski definition) is 3. The van der Waals surface area contributed by atoms with Crippen molar-refractivity contribution in [2.45, 2.75) is 19.8 Å². The van der Waals surface area contributed by atoms with Crippen molar-refractivity contribution in [3.63, 3.8) is 0 Å². The fourth-order valence-corrected chi connectivity index (χ4v) is 1.66. The van der Waals surface area contributed by atoms with Gasteiger partial charge in [0.25, 0.3) is 0 Å². The van der Waals surface area contributed by atoms with Crippen LogP contribution in [-0.2, 0) is 11.2 Å². The first-order valence-corrected chi connectivity index (χ1v) is 4.98. The predicted molar refractivity (Wildman–Crippen MR) is 56.2 cm³/mol. The summed E-state index contributed by atoms with van der Waals surface area (Å²) in [4.78, 5) is 10.4. The Morgan fingerprint density at radius 3 is 2.80 bits per heavy atom. The number of fused-ring (bicyclic) bond motifs is 1. The van der Waals surface area contributed by atoms with Gasteiger partial charge in [0.2, 0.25) is 13.2 Å². The van der Waals surface area contributed by atoms with E-state index in [9.17, 15) is 4.79 Å². The lowest BCUT2D eigenvalue weighted by atomic mass is 10.1. The Hall–Kier alpha value is -1.71. The summed E-state index contributed by atoms with van der Waals surface area (Å²) in [5.41, 5.74) is 1.88. The molecule has 2 rings (SSSR count). The van der Waals surface area contributed by atoms with E-state index in [1.165, 1.54) is 0 Å². The van der Waals surface area contributed by atoms with Gasteiger partial charge in [-0.05, 0) is 18.1 Å². The number of rotatable bonds is 4. The number of benzene rings is 1. The van der Waals surface area contributed by atoms with Gasteiger partial charge >= 0.3 is 0 Å². The normalized spacial score (nSPS) is 12.6. The highest BCUT2D eigenvalue weighted by atomic mass is 16.7. The Morgan fingerprint density at radius 1 is 1.40 bits per heavy atom. The van der Waals surface area contributed by atoms with Crippen molar-refractivity contribution in [1.82, 2.24) is 0 Å². The molecule has 1 aliphatic heterocycles. The number of carbonyl (C=O) groups is 1. The molecule has 1 N–H and O–H groups in total. The van der Waals surface area contributed by atoms with E-state index in [1.807, 2.05) is 12.1 Å². The lowest BCUT2D eigenvalue weighted by molar-refractivity contribution is -0.105. The van der Waals surface area contributed by atoms with E-state index in [4.69, 9.17) is 9.47 Å². The molecule has 0 fully saturated rings. The summed E-state index contributed by atoms with van der Waals surface area (Å²) in [6.45, 7) is 2.35. The Kier molecular flexibility index (Phi) is 2.76. The molecule has 0 saturated heterocycles. The molecule has 4 heteroatoms. The van der Waals surface area contributed by atoms with Crippen molar-refractivity contribution >= 4 is 12.1 Å². The molecule has 1 aliphatic rings. The fourth-order valence-electron chi connectivity index (χ4n) is 1.66. The Morgan fingerprint density at radius 2 is 2.13 bits per heavy atom. The van der Waals surface area contributed by atoms with E-state index in [-0.39, 0.29) is 6.79 Å². The Bertz CT molecular complexity index is 376. The first-order valence-electron chi connectivity index (χ1n) is 4.98. The molecule has 80 valence electrons. The van der Waals surface area contributed by atoms with Crippen LogP contribution in [0.4, 0.5) is 5.69 Å². The van der Waals surface area contributed by atoms with Crippen molar-refractivity contribution in [2.75, 3.05) is 12.1 Å². The summed E-state index contributed by atoms with van der Waals surface area (Å²) < 4.78 is 10.5. The third-order valence-corrected chi connectivity index (χ3v) is 2.33. The number of anilines is 1. The molecule has 0 bridgehead atoms. The van der Waals surface area contributed by atoms with Gasteiger partial charge in [0.15, 0.2) is 11.5 Å². The van der Waals surface area contributed by atoms with E-state index in [1.54, 1.807) is 0 Å². The molecular weight excluding hydrogens is 194 g/mol. The van der Waals surface area contributed by atoms with Crippen molar-refractivity contribution in [3.8, 4) is 11.5 Å². The molecule has 0 aromatic heterocycles. The summed E-state index contributed by atoms with van der Waals surface area (Å²) in [6, 6.07) is 3.74. The monoisotopic (exact) mass is 207 g/mol. The zero-order valence-electron chi connectivity index (χ0n) is 8.58. The van der Waals surface area contributed by atoms with Crippen LogP contribution in [-0.4, -0.2) is 13.2 Å². The van der Waals surface area contributed by atoms with Crippen molar-refractivity contribution in [1.29, 1.82) is 0 Å². The van der Waals surface area contributed by atoms with Crippen molar-refractivity contribution < 1.29 is 14.3 Å². The van der Waals surface area contributed by atoms with Gasteiger partial charge in [0.05, 0.1) is 0 Å². The highest BCUT2D eigenvalue weighted by Crippen LogP contribution is 2.37. The third-order valence-electron chi connectivity index (χ3n) is 2.33. The third kappa shape index (κ3) is 1.88. The number of aryl methyl sites for hydroxylation is 1. The van der Waals surface area contributed by atoms with E-state index in [2.05, 4.69) is 12.2 Å². The molecule has 1 aromatic rings. The van der Waals surface area contributed by atoms with E-state index < -0.39 is 0 Å². The molecule has 0 unspecified atom stereocenters. The summed E-state index contributed by atoms with van der Waals surface area (Å²) in [5, 5.41) is 2.67. The van der Waals surface area contributed by atoms with Gasteiger partial charge in [0, 0.05) is 11.8 Å². The number of amides is 1. The maximum absolute atomic E-state index is 10.4. The van der Waals surface area contributed by atoms with Gasteiger partial charge in [-0.25, -0.2) is 0 Å². The largest absolute Gasteiger partial charge is 0.454 e. The fraction of sp³-hybridized carbons (Fsp3) is 0.364. The molecule has 1 aromatic carbocycles. The number of carbonyl (C=O) groups excluding carboxylic acids is 1. The van der Waals surface area contributed by atoms with E-state index in [0.29, 0.717) is 12.2 Å². The van der Waals surface area contributed by atoms with Gasteiger partial charge in [-0.15, -0.1) is 0 Å². The molecule has 0 atom stereocenters. The molecule has 0 spiro atoms. The van der Waals surface area contributed by atoms with Crippen LogP contribution >= 0.6 is 0 Å². The summed E-state index contributed by atoms with van der Waals surface area (Å²) in [6.07, 6.45) is 2.61. The second kappa shape index (κ2) is 4.21. The minimum absolute atomic E-state index is 0.255. The van der Waals surface area contributed by atoms with Gasteiger partial charge in [-0.2, -0.15) is 0 Å². The van der Waals surface area contributed by atoms with Crippen LogP contribution in [0.25, 0.3) is 0 Å². The number of ether oxygens (including phenoxy) is 2. The maximum atomic E-state index is 10.4. The van der Waals surface area contributed by atoms with Crippen molar-refractivity contribution in [2.24, 2.45) is 0 Å². The Labute approximate surface area is 88.2 Å². The first kappa shape index (κ1) is 9.83. The average molecular weight is 207 g/mol. The van der Waals surface area contributed by atoms with Gasteiger partial charge in [0.1, 0.15) is 0 Å². The molecule has 0 aliphatic carbocycles. The average Bonchev–Trinajstić information content (AvgIpc) is 2.66. The smallest absolute Gasteiger partial charge is 0.231 e. The molecular formula is C11H13NO3. The minimum Gasteiger partial charge on any atom is -0.454 e. The topological polar surface area (TPSA) is 47.6 Å². The molecule has 0 radical (unpaired) electrons. The zero-order valence-corrected chi connectivity index (χ0v) is 8.58. The molecule has 0 saturated carbocycles. The Balaban J connectivity index is 2.37. The molecule has 4 nitrogen and oxygen atoms in total. The summed E-state index contributed by atoms with van der Waals surface area (Å²) >= 11 is 0. The second-order valence-electron chi connectivity index (χ2n) is 3.37. The van der Waals surface area contributed by atoms with E-state index >= 15 is 0 Å². The van der Waals surface area contributed by atoms with Crippen LogP contribution in [0, 0.1) is 0 Å². The number of nitrogens with one attached hydrogen (secondary N) is 1. The van der Waals surface area contributed by atoms with Gasteiger partial charge < -0.3 is 14.8 Å². The SMILES string of the molecule is CCCc1cc2c(cc1NC=O)OCO2. The van der Waals surface area contributed by atoms with Crippen LogP contribution in [0.1, 0.15) is 18.9 Å². The summed E-state index contributed by atoms with van der Waals surface area (Å²) in [5.74, 6) is 1.45. The lowest BCUT2D eigenvalue weighted by Crippen LogP contribution is -1.99.